The van der Waals surface area contributed by atoms with Crippen LogP contribution in [-0.4, -0.2) is 23.3 Å². The zero-order valence-electron chi connectivity index (χ0n) is 8.77. The van der Waals surface area contributed by atoms with Gasteiger partial charge in [-0.15, -0.1) is 0 Å². The lowest BCUT2D eigenvalue weighted by Crippen LogP contribution is -2.25. The minimum atomic E-state index is 0.104. The van der Waals surface area contributed by atoms with E-state index in [9.17, 15) is 9.59 Å². The molecule has 82 valence electrons. The van der Waals surface area contributed by atoms with E-state index in [1.54, 1.807) is 6.07 Å². The van der Waals surface area contributed by atoms with E-state index in [1.165, 1.54) is 0 Å². The number of rotatable bonds is 3. The van der Waals surface area contributed by atoms with Gasteiger partial charge >= 0.3 is 0 Å². The van der Waals surface area contributed by atoms with Gasteiger partial charge in [0.15, 0.2) is 0 Å². The van der Waals surface area contributed by atoms with Gasteiger partial charge in [-0.3, -0.25) is 9.59 Å². The Hall–Kier alpha value is -1.84. The van der Waals surface area contributed by atoms with Crippen LogP contribution in [0.5, 0.6) is 0 Å². The molecule has 1 aliphatic carbocycles. The summed E-state index contributed by atoms with van der Waals surface area (Å²) in [6.45, 7) is 0.635. The number of amides is 2. The lowest BCUT2D eigenvalue weighted by Gasteiger charge is -2.13. The van der Waals surface area contributed by atoms with E-state index in [2.05, 4.69) is 5.32 Å². The van der Waals surface area contributed by atoms with Gasteiger partial charge in [0.05, 0.1) is 0 Å². The van der Waals surface area contributed by atoms with Crippen LogP contribution in [0.15, 0.2) is 18.2 Å². The number of carbonyl (C=O) groups is 2. The minimum Gasteiger partial charge on any atom is -0.331 e. The second-order valence-electron chi connectivity index (χ2n) is 4.26. The van der Waals surface area contributed by atoms with Crippen LogP contribution in [0.1, 0.15) is 28.8 Å². The topological polar surface area (TPSA) is 49.4 Å². The molecule has 1 heterocycles. The molecule has 0 spiro atoms. The molecule has 4 nitrogen and oxygen atoms in total. The molecule has 1 saturated carbocycles. The fourth-order valence-electron chi connectivity index (χ4n) is 2.23. The first-order chi connectivity index (χ1) is 7.81. The van der Waals surface area contributed by atoms with Gasteiger partial charge in [0.1, 0.15) is 0 Å². The quantitative estimate of drug-likeness (QED) is 0.776. The molecule has 2 amide bonds. The molecule has 1 N–H and O–H groups in total. The van der Waals surface area contributed by atoms with Gasteiger partial charge in [0, 0.05) is 29.4 Å². The Morgan fingerprint density at radius 3 is 2.88 bits per heavy atom. The van der Waals surface area contributed by atoms with E-state index in [0.29, 0.717) is 19.0 Å². The van der Waals surface area contributed by atoms with Crippen molar-refractivity contribution in [2.75, 3.05) is 5.32 Å². The molecule has 4 heteroatoms. The van der Waals surface area contributed by atoms with Crippen LogP contribution in [0.2, 0.25) is 0 Å². The summed E-state index contributed by atoms with van der Waals surface area (Å²) in [5.74, 6) is 0.104. The van der Waals surface area contributed by atoms with E-state index >= 15 is 0 Å². The molecule has 3 rings (SSSR count). The van der Waals surface area contributed by atoms with Gasteiger partial charge in [0.25, 0.3) is 5.91 Å². The van der Waals surface area contributed by atoms with Crippen LogP contribution < -0.4 is 5.32 Å². The van der Waals surface area contributed by atoms with Crippen molar-refractivity contribution < 1.29 is 9.59 Å². The summed E-state index contributed by atoms with van der Waals surface area (Å²) in [6.07, 6.45) is 2.87. The van der Waals surface area contributed by atoms with Crippen LogP contribution >= 0.6 is 0 Å². The monoisotopic (exact) mass is 216 g/mol. The average molecular weight is 216 g/mol. The molecule has 0 radical (unpaired) electrons. The number of nitrogens with one attached hydrogen (secondary N) is 1. The fraction of sp³-hybridized carbons (Fsp3) is 0.333. The Balaban J connectivity index is 2.00. The number of hydrogen-bond donors (Lipinski definition) is 1. The average Bonchev–Trinajstić information content (AvgIpc) is 3.06. The second-order valence-corrected chi connectivity index (χ2v) is 4.26. The lowest BCUT2D eigenvalue weighted by molar-refractivity contribution is -0.105. The van der Waals surface area contributed by atoms with Gasteiger partial charge in [-0.25, -0.2) is 0 Å². The molecule has 16 heavy (non-hydrogen) atoms. The summed E-state index contributed by atoms with van der Waals surface area (Å²) in [5, 5.41) is 2.65. The smallest absolute Gasteiger partial charge is 0.254 e. The van der Waals surface area contributed by atoms with Crippen molar-refractivity contribution >= 4 is 18.0 Å². The molecular weight excluding hydrogens is 204 g/mol. The number of benzene rings is 1. The van der Waals surface area contributed by atoms with Gasteiger partial charge < -0.3 is 10.2 Å². The van der Waals surface area contributed by atoms with Crippen LogP contribution in [0.3, 0.4) is 0 Å². The SMILES string of the molecule is O=CNc1cccc2c1CN(C1CC1)C2=O. The van der Waals surface area contributed by atoms with Gasteiger partial charge in [0.2, 0.25) is 6.41 Å². The maximum absolute atomic E-state index is 12.0. The summed E-state index contributed by atoms with van der Waals surface area (Å²) in [6, 6.07) is 5.88. The molecule has 1 aromatic rings. The highest BCUT2D eigenvalue weighted by Gasteiger charge is 2.38. The summed E-state index contributed by atoms with van der Waals surface area (Å²) in [7, 11) is 0. The first-order valence-corrected chi connectivity index (χ1v) is 5.44. The van der Waals surface area contributed by atoms with Crippen molar-refractivity contribution in [3.05, 3.63) is 29.3 Å². The van der Waals surface area contributed by atoms with Crippen LogP contribution in [0.25, 0.3) is 0 Å². The predicted octanol–water partition coefficient (Wildman–Crippen LogP) is 1.37. The fourth-order valence-corrected chi connectivity index (χ4v) is 2.23. The van der Waals surface area contributed by atoms with E-state index in [0.717, 1.165) is 29.7 Å². The maximum Gasteiger partial charge on any atom is 0.254 e. The van der Waals surface area contributed by atoms with E-state index in [1.807, 2.05) is 17.0 Å². The third-order valence-corrected chi connectivity index (χ3v) is 3.20. The van der Waals surface area contributed by atoms with Crippen molar-refractivity contribution in [1.82, 2.24) is 4.90 Å². The summed E-state index contributed by atoms with van der Waals surface area (Å²) >= 11 is 0. The van der Waals surface area contributed by atoms with E-state index in [4.69, 9.17) is 0 Å². The van der Waals surface area contributed by atoms with Crippen molar-refractivity contribution in [2.45, 2.75) is 25.4 Å². The highest BCUT2D eigenvalue weighted by molar-refractivity contribution is 6.01. The summed E-state index contributed by atoms with van der Waals surface area (Å²) in [5.41, 5.74) is 2.44. The zero-order valence-corrected chi connectivity index (χ0v) is 8.77. The van der Waals surface area contributed by atoms with Crippen LogP contribution in [-0.2, 0) is 11.3 Å². The predicted molar refractivity (Wildman–Crippen MR) is 59.0 cm³/mol. The van der Waals surface area contributed by atoms with Crippen molar-refractivity contribution in [2.24, 2.45) is 0 Å². The van der Waals surface area contributed by atoms with Gasteiger partial charge in [-0.1, -0.05) is 6.07 Å². The molecule has 2 aliphatic rings. The number of fused-ring (bicyclic) bond motifs is 1. The van der Waals surface area contributed by atoms with E-state index in [-0.39, 0.29) is 5.91 Å². The standard InChI is InChI=1S/C12H12N2O2/c15-7-13-11-3-1-2-9-10(11)6-14(12(9)16)8-4-5-8/h1-3,7-8H,4-6H2,(H,13,15). The third kappa shape index (κ3) is 1.30. The highest BCUT2D eigenvalue weighted by atomic mass is 16.2. The molecular formula is C12H12N2O2. The molecule has 0 saturated heterocycles. The first-order valence-electron chi connectivity index (χ1n) is 5.44. The zero-order chi connectivity index (χ0) is 11.1. The van der Waals surface area contributed by atoms with Gasteiger partial charge in [-0.2, -0.15) is 0 Å². The third-order valence-electron chi connectivity index (χ3n) is 3.20. The lowest BCUT2D eigenvalue weighted by atomic mass is 10.1. The molecule has 1 aromatic carbocycles. The van der Waals surface area contributed by atoms with Crippen molar-refractivity contribution in [1.29, 1.82) is 0 Å². The molecule has 0 unspecified atom stereocenters. The summed E-state index contributed by atoms with van der Waals surface area (Å²) in [4.78, 5) is 24.4. The second kappa shape index (κ2) is 3.33. The Labute approximate surface area is 93.2 Å². The molecule has 0 bridgehead atoms. The highest BCUT2D eigenvalue weighted by Crippen LogP contribution is 2.36. The molecule has 0 aromatic heterocycles. The normalized spacial score (nSPS) is 18.5. The number of hydrogen-bond acceptors (Lipinski definition) is 2. The number of carbonyl (C=O) groups excluding carboxylic acids is 2. The Kier molecular flexibility index (Phi) is 1.96. The Morgan fingerprint density at radius 1 is 1.38 bits per heavy atom. The van der Waals surface area contributed by atoms with Crippen molar-refractivity contribution in [3.63, 3.8) is 0 Å². The maximum atomic E-state index is 12.0. The van der Waals surface area contributed by atoms with Crippen LogP contribution in [0, 0.1) is 0 Å². The number of anilines is 1. The largest absolute Gasteiger partial charge is 0.331 e. The molecule has 0 atom stereocenters. The van der Waals surface area contributed by atoms with E-state index < -0.39 is 0 Å². The van der Waals surface area contributed by atoms with Gasteiger partial charge in [-0.05, 0) is 25.0 Å². The number of nitrogens with zero attached hydrogens (tertiary/aromatic N) is 1. The Morgan fingerprint density at radius 2 is 2.19 bits per heavy atom. The molecule has 1 aliphatic heterocycles. The minimum absolute atomic E-state index is 0.104. The summed E-state index contributed by atoms with van der Waals surface area (Å²) < 4.78 is 0. The molecule has 1 fully saturated rings. The van der Waals surface area contributed by atoms with Crippen LogP contribution in [0.4, 0.5) is 5.69 Å². The Bertz CT molecular complexity index is 466. The first kappa shape index (κ1) is 9.39. The van der Waals surface area contributed by atoms with Crippen molar-refractivity contribution in [3.8, 4) is 0 Å².